The number of halogens is 2. The highest BCUT2D eigenvalue weighted by Gasteiger charge is 2.18. The molecule has 0 bridgehead atoms. The molecule has 2 aromatic carbocycles. The lowest BCUT2D eigenvalue weighted by Gasteiger charge is -2.11. The molecule has 2 rings (SSSR count). The molecule has 6 heteroatoms. The Balaban J connectivity index is 2.40. The van der Waals surface area contributed by atoms with Gasteiger partial charge < -0.3 is 0 Å². The second kappa shape index (κ2) is 5.53. The molecule has 2 aromatic rings. The monoisotopic (exact) mass is 359 g/mol. The molecule has 0 aliphatic rings. The Kier molecular flexibility index (Phi) is 4.18. The Hall–Kier alpha value is -1.04. The molecule has 0 amide bonds. The molecule has 0 aromatic heterocycles. The van der Waals surface area contributed by atoms with Gasteiger partial charge in [-0.3, -0.25) is 4.72 Å². The van der Waals surface area contributed by atoms with E-state index in [0.717, 1.165) is 5.56 Å². The molecule has 1 N–H and O–H groups in total. The maximum Gasteiger partial charge on any atom is 0.263 e. The van der Waals surface area contributed by atoms with Gasteiger partial charge in [-0.2, -0.15) is 0 Å². The van der Waals surface area contributed by atoms with Crippen LogP contribution in [0.1, 0.15) is 5.56 Å². The van der Waals surface area contributed by atoms with E-state index in [1.807, 2.05) is 6.92 Å². The number of sulfonamides is 1. The first-order valence-corrected chi connectivity index (χ1v) is 8.09. The number of nitrogens with one attached hydrogen (secondary N) is 1. The fourth-order valence-electron chi connectivity index (χ4n) is 1.57. The van der Waals surface area contributed by atoms with Gasteiger partial charge in [-0.05, 0) is 52.7 Å². The molecule has 0 unspecified atom stereocenters. The second-order valence-electron chi connectivity index (χ2n) is 4.02. The van der Waals surface area contributed by atoms with Crippen LogP contribution in [0.2, 0.25) is 5.02 Å². The Bertz CT molecular complexity index is 716. The van der Waals surface area contributed by atoms with Crippen molar-refractivity contribution in [3.8, 4) is 0 Å². The average molecular weight is 361 g/mol. The van der Waals surface area contributed by atoms with Crippen LogP contribution in [0.4, 0.5) is 5.69 Å². The summed E-state index contributed by atoms with van der Waals surface area (Å²) < 4.78 is 27.5. The summed E-state index contributed by atoms with van der Waals surface area (Å²) in [7, 11) is -3.66. The van der Waals surface area contributed by atoms with Crippen molar-refractivity contribution in [2.75, 3.05) is 4.72 Å². The smallest absolute Gasteiger partial charge is 0.263 e. The van der Waals surface area contributed by atoms with Gasteiger partial charge >= 0.3 is 0 Å². The summed E-state index contributed by atoms with van der Waals surface area (Å²) in [6, 6.07) is 11.8. The van der Waals surface area contributed by atoms with Gasteiger partial charge in [0, 0.05) is 4.47 Å². The Labute approximate surface area is 125 Å². The third kappa shape index (κ3) is 3.29. The van der Waals surface area contributed by atoms with Crippen LogP contribution in [0.3, 0.4) is 0 Å². The van der Waals surface area contributed by atoms with Gasteiger partial charge in [-0.15, -0.1) is 0 Å². The molecule has 0 saturated carbocycles. The highest BCUT2D eigenvalue weighted by molar-refractivity contribution is 9.10. The molecular weight excluding hydrogens is 350 g/mol. The number of rotatable bonds is 3. The van der Waals surface area contributed by atoms with Crippen LogP contribution < -0.4 is 4.72 Å². The van der Waals surface area contributed by atoms with E-state index in [-0.39, 0.29) is 4.90 Å². The standard InChI is InChI=1S/C13H11BrClNO2S/c1-9-6-7-12(11(15)8-9)16-19(17,18)13-5-3-2-4-10(13)14/h2-8,16H,1H3. The van der Waals surface area contributed by atoms with Crippen molar-refractivity contribution in [3.05, 3.63) is 57.5 Å². The van der Waals surface area contributed by atoms with Crippen molar-refractivity contribution in [1.82, 2.24) is 0 Å². The van der Waals surface area contributed by atoms with Crippen molar-refractivity contribution in [1.29, 1.82) is 0 Å². The van der Waals surface area contributed by atoms with E-state index in [1.54, 1.807) is 36.4 Å². The molecule has 0 saturated heterocycles. The predicted molar refractivity (Wildman–Crippen MR) is 81.1 cm³/mol. The maximum atomic E-state index is 12.3. The van der Waals surface area contributed by atoms with Crippen molar-refractivity contribution < 1.29 is 8.42 Å². The molecular formula is C13H11BrClNO2S. The van der Waals surface area contributed by atoms with Gasteiger partial charge in [0.1, 0.15) is 4.90 Å². The van der Waals surface area contributed by atoms with E-state index in [1.165, 1.54) is 6.07 Å². The number of anilines is 1. The highest BCUT2D eigenvalue weighted by Crippen LogP contribution is 2.28. The molecule has 3 nitrogen and oxygen atoms in total. The minimum Gasteiger partial charge on any atom is -0.278 e. The minimum atomic E-state index is -3.66. The second-order valence-corrected chi connectivity index (χ2v) is 6.93. The number of benzene rings is 2. The third-order valence-corrected chi connectivity index (χ3v) is 5.19. The predicted octanol–water partition coefficient (Wildman–Crippen LogP) is 4.21. The molecule has 100 valence electrons. The fourth-order valence-corrected chi connectivity index (χ4v) is 3.99. The summed E-state index contributed by atoms with van der Waals surface area (Å²) in [6.07, 6.45) is 0. The molecule has 0 fully saturated rings. The van der Waals surface area contributed by atoms with Crippen molar-refractivity contribution in [2.24, 2.45) is 0 Å². The number of hydrogen-bond donors (Lipinski definition) is 1. The quantitative estimate of drug-likeness (QED) is 0.891. The van der Waals surface area contributed by atoms with Gasteiger partial charge in [0.2, 0.25) is 0 Å². The fraction of sp³-hybridized carbons (Fsp3) is 0.0769. The minimum absolute atomic E-state index is 0.173. The van der Waals surface area contributed by atoms with Gasteiger partial charge in [-0.1, -0.05) is 29.8 Å². The molecule has 0 atom stereocenters. The van der Waals surface area contributed by atoms with Crippen LogP contribution in [0, 0.1) is 6.92 Å². The summed E-state index contributed by atoms with van der Waals surface area (Å²) in [5.74, 6) is 0. The van der Waals surface area contributed by atoms with E-state index in [9.17, 15) is 8.42 Å². The topological polar surface area (TPSA) is 46.2 Å². The summed E-state index contributed by atoms with van der Waals surface area (Å²) in [4.78, 5) is 0.173. The van der Waals surface area contributed by atoms with Gasteiger partial charge in [0.05, 0.1) is 10.7 Å². The van der Waals surface area contributed by atoms with Crippen LogP contribution >= 0.6 is 27.5 Å². The first-order chi connectivity index (χ1) is 8.90. The number of hydrogen-bond acceptors (Lipinski definition) is 2. The molecule has 19 heavy (non-hydrogen) atoms. The van der Waals surface area contributed by atoms with E-state index < -0.39 is 10.0 Å². The lowest BCUT2D eigenvalue weighted by Crippen LogP contribution is -2.13. The number of aryl methyl sites for hydroxylation is 1. The van der Waals surface area contributed by atoms with Crippen LogP contribution in [-0.2, 0) is 10.0 Å². The molecule has 0 radical (unpaired) electrons. The Morgan fingerprint density at radius 3 is 2.47 bits per heavy atom. The van der Waals surface area contributed by atoms with Gasteiger partial charge in [0.15, 0.2) is 0 Å². The van der Waals surface area contributed by atoms with E-state index in [0.29, 0.717) is 15.2 Å². The molecule has 0 heterocycles. The SMILES string of the molecule is Cc1ccc(NS(=O)(=O)c2ccccc2Br)c(Cl)c1. The first-order valence-electron chi connectivity index (χ1n) is 5.43. The Morgan fingerprint density at radius 1 is 1.16 bits per heavy atom. The van der Waals surface area contributed by atoms with Crippen molar-refractivity contribution >= 4 is 43.2 Å². The van der Waals surface area contributed by atoms with Gasteiger partial charge in [-0.25, -0.2) is 8.42 Å². The zero-order chi connectivity index (χ0) is 14.0. The molecule has 0 spiro atoms. The van der Waals surface area contributed by atoms with Crippen LogP contribution in [0.15, 0.2) is 51.8 Å². The third-order valence-electron chi connectivity index (χ3n) is 2.50. The van der Waals surface area contributed by atoms with Crippen LogP contribution in [0.25, 0.3) is 0 Å². The normalized spacial score (nSPS) is 11.3. The van der Waals surface area contributed by atoms with Gasteiger partial charge in [0.25, 0.3) is 10.0 Å². The van der Waals surface area contributed by atoms with Crippen molar-refractivity contribution in [2.45, 2.75) is 11.8 Å². The van der Waals surface area contributed by atoms with E-state index in [2.05, 4.69) is 20.7 Å². The maximum absolute atomic E-state index is 12.3. The van der Waals surface area contributed by atoms with E-state index >= 15 is 0 Å². The summed E-state index contributed by atoms with van der Waals surface area (Å²) in [5.41, 5.74) is 1.33. The first kappa shape index (κ1) is 14.4. The summed E-state index contributed by atoms with van der Waals surface area (Å²) >= 11 is 9.25. The molecule has 0 aliphatic heterocycles. The van der Waals surface area contributed by atoms with Crippen LogP contribution in [0.5, 0.6) is 0 Å². The van der Waals surface area contributed by atoms with Crippen LogP contribution in [-0.4, -0.2) is 8.42 Å². The highest BCUT2D eigenvalue weighted by atomic mass is 79.9. The lowest BCUT2D eigenvalue weighted by atomic mass is 10.2. The molecule has 0 aliphatic carbocycles. The zero-order valence-corrected chi connectivity index (χ0v) is 13.2. The van der Waals surface area contributed by atoms with E-state index in [4.69, 9.17) is 11.6 Å². The zero-order valence-electron chi connectivity index (χ0n) is 10.0. The summed E-state index contributed by atoms with van der Waals surface area (Å²) in [5, 5.41) is 0.371. The average Bonchev–Trinajstić information content (AvgIpc) is 2.33. The summed E-state index contributed by atoms with van der Waals surface area (Å²) in [6.45, 7) is 1.89. The van der Waals surface area contributed by atoms with Crippen molar-refractivity contribution in [3.63, 3.8) is 0 Å². The Morgan fingerprint density at radius 2 is 1.84 bits per heavy atom. The lowest BCUT2D eigenvalue weighted by molar-refractivity contribution is 0.601. The largest absolute Gasteiger partial charge is 0.278 e.